The fraction of sp³-hybridized carbons (Fsp3) is 0.667. The number of ether oxygens (including phenoxy) is 2. The summed E-state index contributed by atoms with van der Waals surface area (Å²) in [6.45, 7) is 7.17. The van der Waals surface area contributed by atoms with Crippen molar-refractivity contribution in [3.63, 3.8) is 0 Å². The molecule has 2 unspecified atom stereocenters. The van der Waals surface area contributed by atoms with E-state index in [-0.39, 0.29) is 12.0 Å². The van der Waals surface area contributed by atoms with E-state index < -0.39 is 28.8 Å². The van der Waals surface area contributed by atoms with Gasteiger partial charge < -0.3 is 9.47 Å². The molecule has 0 aliphatic carbocycles. The number of hydrogen-bond acceptors (Lipinski definition) is 6. The number of esters is 2. The molecule has 0 heterocycles. The zero-order valence-corrected chi connectivity index (χ0v) is 15.2. The summed E-state index contributed by atoms with van der Waals surface area (Å²) < 4.78 is 9.15. The summed E-state index contributed by atoms with van der Waals surface area (Å²) in [6, 6.07) is -1.25. The Balaban J connectivity index is 4.67. The van der Waals surface area contributed by atoms with Gasteiger partial charge in [0.2, 0.25) is 6.04 Å². The molecule has 0 rings (SSSR count). The second-order valence-corrected chi connectivity index (χ2v) is 5.86. The van der Waals surface area contributed by atoms with Crippen LogP contribution in [0.2, 0.25) is 0 Å². The van der Waals surface area contributed by atoms with Gasteiger partial charge >= 0.3 is 11.9 Å². The lowest BCUT2D eigenvalue weighted by atomic mass is 9.88. The van der Waals surface area contributed by atoms with Crippen LogP contribution in [0.25, 0.3) is 0 Å². The van der Waals surface area contributed by atoms with E-state index in [4.69, 9.17) is 0 Å². The summed E-state index contributed by atoms with van der Waals surface area (Å²) in [4.78, 5) is 34.5. The Morgan fingerprint density at radius 1 is 1.08 bits per heavy atom. The number of nitrogens with zero attached hydrogens (tertiary/aromatic N) is 1. The van der Waals surface area contributed by atoms with E-state index in [9.17, 15) is 19.7 Å². The van der Waals surface area contributed by atoms with Gasteiger partial charge in [-0.15, -0.1) is 6.58 Å². The third-order valence-electron chi connectivity index (χ3n) is 4.09. The summed E-state index contributed by atoms with van der Waals surface area (Å²) in [6.07, 6.45) is 8.73. The first-order chi connectivity index (χ1) is 11.9. The molecule has 0 aromatic carbocycles. The van der Waals surface area contributed by atoms with Crippen molar-refractivity contribution >= 4 is 11.9 Å². The minimum absolute atomic E-state index is 0.176. The second-order valence-electron chi connectivity index (χ2n) is 5.86. The normalized spacial score (nSPS) is 12.7. The van der Waals surface area contributed by atoms with Crippen molar-refractivity contribution in [1.29, 1.82) is 0 Å². The fourth-order valence-electron chi connectivity index (χ4n) is 2.66. The smallest absolute Gasteiger partial charge is 0.334 e. The van der Waals surface area contributed by atoms with Gasteiger partial charge in [-0.1, -0.05) is 38.3 Å². The van der Waals surface area contributed by atoms with Crippen molar-refractivity contribution in [2.24, 2.45) is 5.92 Å². The SMILES string of the molecule is C=CCCCCCCCCC(C(C(=C)C(=O)OC)C(=O)OC)[N+](=O)[O-]. The van der Waals surface area contributed by atoms with E-state index >= 15 is 0 Å². The highest BCUT2D eigenvalue weighted by atomic mass is 16.6. The predicted octanol–water partition coefficient (Wildman–Crippen LogP) is 3.46. The Kier molecular flexibility index (Phi) is 12.0. The van der Waals surface area contributed by atoms with Gasteiger partial charge in [0.1, 0.15) is 0 Å². The highest BCUT2D eigenvalue weighted by molar-refractivity contribution is 5.95. The third-order valence-corrected chi connectivity index (χ3v) is 4.09. The van der Waals surface area contributed by atoms with Crippen LogP contribution in [0.5, 0.6) is 0 Å². The van der Waals surface area contributed by atoms with Crippen LogP contribution in [0.3, 0.4) is 0 Å². The van der Waals surface area contributed by atoms with Crippen LogP contribution in [-0.2, 0) is 19.1 Å². The van der Waals surface area contributed by atoms with Crippen LogP contribution >= 0.6 is 0 Å². The first-order valence-electron chi connectivity index (χ1n) is 8.50. The maximum absolute atomic E-state index is 12.0. The average Bonchev–Trinajstić information content (AvgIpc) is 2.60. The average molecular weight is 355 g/mol. The summed E-state index contributed by atoms with van der Waals surface area (Å²) >= 11 is 0. The third kappa shape index (κ3) is 8.47. The summed E-state index contributed by atoms with van der Waals surface area (Å²) in [5, 5.41) is 11.4. The molecule has 142 valence electrons. The maximum Gasteiger partial charge on any atom is 0.334 e. The van der Waals surface area contributed by atoms with E-state index in [1.807, 2.05) is 6.08 Å². The molecule has 0 aliphatic rings. The Bertz CT molecular complexity index is 474. The van der Waals surface area contributed by atoms with E-state index in [0.717, 1.165) is 52.7 Å². The molecule has 0 saturated carbocycles. The molecule has 0 aromatic rings. The molecule has 0 aromatic heterocycles. The van der Waals surface area contributed by atoms with Crippen LogP contribution in [0.4, 0.5) is 0 Å². The summed E-state index contributed by atoms with van der Waals surface area (Å²) in [5.74, 6) is -3.02. The monoisotopic (exact) mass is 355 g/mol. The largest absolute Gasteiger partial charge is 0.468 e. The highest BCUT2D eigenvalue weighted by Gasteiger charge is 2.42. The first kappa shape index (κ1) is 22.8. The molecule has 0 saturated heterocycles. The van der Waals surface area contributed by atoms with Gasteiger partial charge in [0.25, 0.3) is 0 Å². The van der Waals surface area contributed by atoms with Crippen molar-refractivity contribution in [2.45, 2.75) is 57.4 Å². The maximum atomic E-state index is 12.0. The molecule has 0 radical (unpaired) electrons. The fourth-order valence-corrected chi connectivity index (χ4v) is 2.66. The van der Waals surface area contributed by atoms with Crippen LogP contribution in [-0.4, -0.2) is 37.1 Å². The van der Waals surface area contributed by atoms with Crippen LogP contribution < -0.4 is 0 Å². The Morgan fingerprint density at radius 2 is 1.64 bits per heavy atom. The lowest BCUT2D eigenvalue weighted by molar-refractivity contribution is -0.529. The molecule has 0 N–H and O–H groups in total. The first-order valence-corrected chi connectivity index (χ1v) is 8.50. The lowest BCUT2D eigenvalue weighted by Crippen LogP contribution is -2.38. The second kappa shape index (κ2) is 13.1. The standard InChI is InChI=1S/C18H29NO6/c1-5-6-7-8-9-10-11-12-13-15(19(22)23)16(18(21)25-4)14(2)17(20)24-3/h5,15-16H,1-2,6-13H2,3-4H3. The van der Waals surface area contributed by atoms with Crippen molar-refractivity contribution < 1.29 is 24.0 Å². The molecular weight excluding hydrogens is 326 g/mol. The number of methoxy groups -OCH3 is 2. The molecule has 0 fully saturated rings. The molecule has 0 amide bonds. The number of rotatable bonds is 14. The van der Waals surface area contributed by atoms with Gasteiger partial charge in [0, 0.05) is 11.3 Å². The van der Waals surface area contributed by atoms with Gasteiger partial charge in [-0.25, -0.2) is 4.79 Å². The van der Waals surface area contributed by atoms with Crippen LogP contribution in [0.15, 0.2) is 24.8 Å². The van der Waals surface area contributed by atoms with Gasteiger partial charge in [-0.2, -0.15) is 0 Å². The Labute approximate surface area is 149 Å². The number of carbonyl (C=O) groups is 2. The van der Waals surface area contributed by atoms with E-state index in [1.165, 1.54) is 0 Å². The topological polar surface area (TPSA) is 95.7 Å². The Morgan fingerprint density at radius 3 is 2.12 bits per heavy atom. The van der Waals surface area contributed by atoms with Gasteiger partial charge in [-0.3, -0.25) is 14.9 Å². The number of nitro groups is 1. The molecule has 25 heavy (non-hydrogen) atoms. The number of allylic oxidation sites excluding steroid dienone is 1. The zero-order chi connectivity index (χ0) is 19.2. The van der Waals surface area contributed by atoms with Crippen molar-refractivity contribution in [3.8, 4) is 0 Å². The predicted molar refractivity (Wildman–Crippen MR) is 94.6 cm³/mol. The molecule has 0 bridgehead atoms. The van der Waals surface area contributed by atoms with Gasteiger partial charge in [0.15, 0.2) is 5.92 Å². The lowest BCUT2D eigenvalue weighted by Gasteiger charge is -2.19. The van der Waals surface area contributed by atoms with E-state index in [1.54, 1.807) is 0 Å². The quantitative estimate of drug-likeness (QED) is 0.118. The zero-order valence-electron chi connectivity index (χ0n) is 15.2. The minimum atomic E-state index is -1.33. The van der Waals surface area contributed by atoms with Crippen molar-refractivity contribution in [2.75, 3.05) is 14.2 Å². The minimum Gasteiger partial charge on any atom is -0.468 e. The molecule has 2 atom stereocenters. The number of carbonyl (C=O) groups excluding carboxylic acids is 2. The highest BCUT2D eigenvalue weighted by Crippen LogP contribution is 2.24. The summed E-state index contributed by atoms with van der Waals surface area (Å²) in [5.41, 5.74) is -0.250. The summed E-state index contributed by atoms with van der Waals surface area (Å²) in [7, 11) is 2.26. The molecular formula is C18H29NO6. The molecule has 0 spiro atoms. The van der Waals surface area contributed by atoms with E-state index in [0.29, 0.717) is 6.42 Å². The Hall–Kier alpha value is -2.18. The number of hydrogen-bond donors (Lipinski definition) is 0. The van der Waals surface area contributed by atoms with Crippen molar-refractivity contribution in [3.05, 3.63) is 34.9 Å². The van der Waals surface area contributed by atoms with E-state index in [2.05, 4.69) is 22.6 Å². The van der Waals surface area contributed by atoms with Crippen molar-refractivity contribution in [1.82, 2.24) is 0 Å². The number of unbranched alkanes of at least 4 members (excludes halogenated alkanes) is 6. The molecule has 7 heteroatoms. The molecule has 7 nitrogen and oxygen atoms in total. The van der Waals surface area contributed by atoms with Gasteiger partial charge in [0.05, 0.1) is 19.8 Å². The van der Waals surface area contributed by atoms with Crippen LogP contribution in [0.1, 0.15) is 51.4 Å². The van der Waals surface area contributed by atoms with Crippen LogP contribution in [0, 0.1) is 16.0 Å². The molecule has 0 aliphatic heterocycles. The van der Waals surface area contributed by atoms with Gasteiger partial charge in [-0.05, 0) is 19.3 Å².